The van der Waals surface area contributed by atoms with Crippen LogP contribution in [0.4, 0.5) is 21.7 Å². The van der Waals surface area contributed by atoms with Crippen LogP contribution in [0.2, 0.25) is 0 Å². The van der Waals surface area contributed by atoms with Crippen LogP contribution < -0.4 is 16.0 Å². The van der Waals surface area contributed by atoms with Gasteiger partial charge in [-0.2, -0.15) is 0 Å². The van der Waals surface area contributed by atoms with E-state index in [-0.39, 0.29) is 6.54 Å². The predicted octanol–water partition coefficient (Wildman–Crippen LogP) is 2.58. The molecule has 3 heterocycles. The first-order valence-corrected chi connectivity index (χ1v) is 10.1. The third kappa shape index (κ3) is 5.21. The van der Waals surface area contributed by atoms with Gasteiger partial charge < -0.3 is 21.1 Å². The molecule has 9 nitrogen and oxygen atoms in total. The average molecular weight is 425 g/mol. The monoisotopic (exact) mass is 425 g/mol. The largest absolute Gasteiger partial charge is 0.387 e. The Labute approximate surface area is 178 Å². The summed E-state index contributed by atoms with van der Waals surface area (Å²) in [5.74, 6) is 0.573. The van der Waals surface area contributed by atoms with E-state index in [0.29, 0.717) is 40.1 Å². The van der Waals surface area contributed by atoms with E-state index in [1.807, 2.05) is 0 Å². The number of amides is 1. The quantitative estimate of drug-likeness (QED) is 0.434. The lowest BCUT2D eigenvalue weighted by atomic mass is 10.0. The van der Waals surface area contributed by atoms with Crippen molar-refractivity contribution in [2.75, 3.05) is 17.2 Å². The van der Waals surface area contributed by atoms with E-state index in [9.17, 15) is 14.3 Å². The first-order chi connectivity index (χ1) is 14.8. The van der Waals surface area contributed by atoms with E-state index in [1.165, 1.54) is 20.0 Å². The van der Waals surface area contributed by atoms with Gasteiger partial charge in [-0.05, 0) is 38.8 Å². The van der Waals surface area contributed by atoms with Gasteiger partial charge in [0.05, 0.1) is 23.4 Å². The van der Waals surface area contributed by atoms with E-state index in [0.717, 1.165) is 12.8 Å². The molecule has 0 saturated heterocycles. The fourth-order valence-electron chi connectivity index (χ4n) is 2.85. The minimum atomic E-state index is -1.59. The Morgan fingerprint density at radius 2 is 2.00 bits per heavy atom. The normalized spacial score (nSPS) is 14.8. The first kappa shape index (κ1) is 20.9. The van der Waals surface area contributed by atoms with Crippen LogP contribution in [0, 0.1) is 0 Å². The van der Waals surface area contributed by atoms with E-state index in [2.05, 4.69) is 35.9 Å². The fourth-order valence-corrected chi connectivity index (χ4v) is 2.85. The molecule has 3 aromatic heterocycles. The standard InChI is InChI=1S/C21H24FN7O2/c1-21(2,31)16(22)11-26-20(30)13-10-25-18(9-15(13)27-12-3-4-12)28-17-6-5-14-19(29-17)24-8-7-23-14/h5-10,12,16,31H,3-4,11H2,1-2H3,(H,26,30)(H2,24,25,27,28,29). The molecule has 162 valence electrons. The summed E-state index contributed by atoms with van der Waals surface area (Å²) in [6.45, 7) is 2.42. The Morgan fingerprint density at radius 1 is 1.23 bits per heavy atom. The second kappa shape index (κ2) is 8.38. The maximum absolute atomic E-state index is 14.0. The lowest BCUT2D eigenvalue weighted by Crippen LogP contribution is -2.42. The highest BCUT2D eigenvalue weighted by Gasteiger charge is 2.28. The smallest absolute Gasteiger partial charge is 0.255 e. The zero-order chi connectivity index (χ0) is 22.0. The Morgan fingerprint density at radius 3 is 2.74 bits per heavy atom. The van der Waals surface area contributed by atoms with Crippen molar-refractivity contribution in [3.8, 4) is 0 Å². The number of carbonyl (C=O) groups excluding carboxylic acids is 1. The van der Waals surface area contributed by atoms with Crippen LogP contribution in [0.5, 0.6) is 0 Å². The molecule has 1 amide bonds. The molecule has 0 spiro atoms. The maximum atomic E-state index is 14.0. The van der Waals surface area contributed by atoms with E-state index in [1.54, 1.807) is 30.6 Å². The minimum Gasteiger partial charge on any atom is -0.387 e. The van der Waals surface area contributed by atoms with E-state index < -0.39 is 17.7 Å². The van der Waals surface area contributed by atoms with Gasteiger partial charge in [-0.3, -0.25) is 9.78 Å². The molecular weight excluding hydrogens is 401 g/mol. The van der Waals surface area contributed by atoms with Crippen molar-refractivity contribution < 1.29 is 14.3 Å². The van der Waals surface area contributed by atoms with E-state index in [4.69, 9.17) is 0 Å². The van der Waals surface area contributed by atoms with Gasteiger partial charge in [0.2, 0.25) is 0 Å². The van der Waals surface area contributed by atoms with Gasteiger partial charge in [0, 0.05) is 30.7 Å². The van der Waals surface area contributed by atoms with Crippen LogP contribution in [0.3, 0.4) is 0 Å². The highest BCUT2D eigenvalue weighted by molar-refractivity contribution is 6.00. The first-order valence-electron chi connectivity index (χ1n) is 10.1. The van der Waals surface area contributed by atoms with Crippen LogP contribution in [0.1, 0.15) is 37.0 Å². The molecule has 10 heteroatoms. The molecule has 4 rings (SSSR count). The van der Waals surface area contributed by atoms with E-state index >= 15 is 0 Å². The molecule has 1 aliphatic carbocycles. The van der Waals surface area contributed by atoms with Gasteiger partial charge in [0.1, 0.15) is 23.3 Å². The maximum Gasteiger partial charge on any atom is 0.255 e. The van der Waals surface area contributed by atoms with Crippen LogP contribution in [0.25, 0.3) is 11.2 Å². The molecule has 1 fully saturated rings. The summed E-state index contributed by atoms with van der Waals surface area (Å²) < 4.78 is 14.0. The van der Waals surface area contributed by atoms with Crippen LogP contribution in [-0.2, 0) is 0 Å². The number of hydrogen-bond donors (Lipinski definition) is 4. The third-order valence-corrected chi connectivity index (χ3v) is 4.88. The number of rotatable bonds is 8. The lowest BCUT2D eigenvalue weighted by molar-refractivity contribution is -0.00177. The number of halogens is 1. The zero-order valence-electron chi connectivity index (χ0n) is 17.3. The Bertz CT molecular complexity index is 1100. The van der Waals surface area contributed by atoms with Gasteiger partial charge in [0.15, 0.2) is 5.65 Å². The van der Waals surface area contributed by atoms with Crippen molar-refractivity contribution in [2.24, 2.45) is 0 Å². The Kier molecular flexibility index (Phi) is 5.64. The highest BCUT2D eigenvalue weighted by atomic mass is 19.1. The summed E-state index contributed by atoms with van der Waals surface area (Å²) in [7, 11) is 0. The number of aliphatic hydroxyl groups is 1. The number of nitrogens with zero attached hydrogens (tertiary/aromatic N) is 4. The number of aromatic nitrogens is 4. The summed E-state index contributed by atoms with van der Waals surface area (Å²) in [5.41, 5.74) is 0.550. The average Bonchev–Trinajstić information content (AvgIpc) is 3.55. The molecule has 0 aliphatic heterocycles. The third-order valence-electron chi connectivity index (χ3n) is 4.88. The van der Waals surface area contributed by atoms with Crippen molar-refractivity contribution in [3.05, 3.63) is 42.4 Å². The predicted molar refractivity (Wildman–Crippen MR) is 115 cm³/mol. The summed E-state index contributed by atoms with van der Waals surface area (Å²) in [6, 6.07) is 5.59. The number of nitrogens with one attached hydrogen (secondary N) is 3. The van der Waals surface area contributed by atoms with Crippen molar-refractivity contribution in [1.29, 1.82) is 0 Å². The number of alkyl halides is 1. The van der Waals surface area contributed by atoms with Crippen molar-refractivity contribution >= 4 is 34.4 Å². The van der Waals surface area contributed by atoms with Crippen molar-refractivity contribution in [2.45, 2.75) is 44.5 Å². The molecule has 4 N–H and O–H groups in total. The number of anilines is 3. The highest BCUT2D eigenvalue weighted by Crippen LogP contribution is 2.29. The minimum absolute atomic E-state index is 0.293. The topological polar surface area (TPSA) is 125 Å². The second-order valence-electron chi connectivity index (χ2n) is 8.09. The van der Waals surface area contributed by atoms with Gasteiger partial charge in [0.25, 0.3) is 5.91 Å². The SMILES string of the molecule is CC(C)(O)C(F)CNC(=O)c1cnc(Nc2ccc3nccnc3n2)cc1NC1CC1. The number of fused-ring (bicyclic) bond motifs is 1. The molecule has 0 aromatic carbocycles. The molecule has 1 aliphatic rings. The van der Waals surface area contributed by atoms with Crippen LogP contribution in [-0.4, -0.2) is 55.3 Å². The molecule has 1 unspecified atom stereocenters. The second-order valence-corrected chi connectivity index (χ2v) is 8.09. The summed E-state index contributed by atoms with van der Waals surface area (Å²) in [4.78, 5) is 29.7. The number of hydrogen-bond acceptors (Lipinski definition) is 8. The molecule has 0 radical (unpaired) electrons. The molecule has 1 atom stereocenters. The summed E-state index contributed by atoms with van der Waals surface area (Å²) in [5, 5.41) is 18.7. The number of carbonyl (C=O) groups is 1. The Hall–Kier alpha value is -3.40. The van der Waals surface area contributed by atoms with Crippen molar-refractivity contribution in [1.82, 2.24) is 25.3 Å². The molecule has 0 bridgehead atoms. The molecule has 1 saturated carbocycles. The van der Waals surface area contributed by atoms with Gasteiger partial charge in [-0.15, -0.1) is 0 Å². The summed E-state index contributed by atoms with van der Waals surface area (Å²) >= 11 is 0. The molecular formula is C21H24FN7O2. The Balaban J connectivity index is 1.52. The number of pyridine rings is 2. The zero-order valence-corrected chi connectivity index (χ0v) is 17.3. The van der Waals surface area contributed by atoms with Crippen LogP contribution in [0.15, 0.2) is 36.8 Å². The summed E-state index contributed by atoms with van der Waals surface area (Å²) in [6.07, 6.45) is 5.05. The van der Waals surface area contributed by atoms with Crippen LogP contribution >= 0.6 is 0 Å². The molecule has 31 heavy (non-hydrogen) atoms. The van der Waals surface area contributed by atoms with Gasteiger partial charge in [-0.1, -0.05) is 0 Å². The van der Waals surface area contributed by atoms with Crippen molar-refractivity contribution in [3.63, 3.8) is 0 Å². The lowest BCUT2D eigenvalue weighted by Gasteiger charge is -2.22. The fraction of sp³-hybridized carbons (Fsp3) is 0.381. The van der Waals surface area contributed by atoms with Gasteiger partial charge >= 0.3 is 0 Å². The van der Waals surface area contributed by atoms with Gasteiger partial charge in [-0.25, -0.2) is 19.3 Å². The molecule has 3 aromatic rings.